The summed E-state index contributed by atoms with van der Waals surface area (Å²) in [4.78, 5) is 11.9. The first-order chi connectivity index (χ1) is 12.5. The molecule has 1 aromatic carbocycles. The minimum Gasteiger partial charge on any atom is -0.496 e. The molecule has 2 heterocycles. The Morgan fingerprint density at radius 3 is 2.50 bits per heavy atom. The van der Waals surface area contributed by atoms with Crippen molar-refractivity contribution < 1.29 is 17.9 Å². The van der Waals surface area contributed by atoms with E-state index in [1.807, 2.05) is 18.2 Å². The maximum atomic E-state index is 13.2. The average molecular weight is 377 g/mol. The fourth-order valence-electron chi connectivity index (χ4n) is 2.23. The molecule has 0 aliphatic rings. The van der Waals surface area contributed by atoms with Crippen molar-refractivity contribution in [3.05, 3.63) is 66.0 Å². The van der Waals surface area contributed by atoms with Crippen molar-refractivity contribution in [2.24, 2.45) is 0 Å². The highest BCUT2D eigenvalue weighted by molar-refractivity contribution is 7.98. The number of thioether (sulfide) groups is 1. The fraction of sp³-hybridized carbons (Fsp3) is 0.167. The monoisotopic (exact) mass is 377 g/mol. The number of hydrogen-bond acceptors (Lipinski definition) is 5. The number of para-hydroxylation sites is 1. The number of nitrogens with zero attached hydrogens (tertiary/aromatic N) is 3. The molecule has 3 rings (SSSR count). The van der Waals surface area contributed by atoms with Crippen LogP contribution >= 0.6 is 11.8 Å². The summed E-state index contributed by atoms with van der Waals surface area (Å²) in [6, 6.07) is 13.2. The van der Waals surface area contributed by atoms with E-state index in [1.54, 1.807) is 31.4 Å². The molecular weight excluding hydrogens is 363 g/mol. The van der Waals surface area contributed by atoms with Gasteiger partial charge < -0.3 is 4.74 Å². The van der Waals surface area contributed by atoms with Gasteiger partial charge in [-0.3, -0.25) is 4.98 Å². The molecule has 0 saturated heterocycles. The van der Waals surface area contributed by atoms with Crippen LogP contribution in [-0.2, 0) is 11.9 Å². The standard InChI is InChI=1S/C18H14F3N3OS/c1-25-14-8-3-2-6-12(14)11-26-16-10-15(18(19,20)21)23-17(24-16)13-7-4-5-9-22-13/h2-10H,11H2,1H3. The van der Waals surface area contributed by atoms with Gasteiger partial charge in [0, 0.05) is 23.6 Å². The zero-order valence-electron chi connectivity index (χ0n) is 13.7. The van der Waals surface area contributed by atoms with Crippen LogP contribution in [0.25, 0.3) is 11.5 Å². The molecule has 0 bridgehead atoms. The Balaban J connectivity index is 1.93. The lowest BCUT2D eigenvalue weighted by Crippen LogP contribution is -2.10. The Kier molecular flexibility index (Phi) is 5.41. The number of ether oxygens (including phenoxy) is 1. The van der Waals surface area contributed by atoms with Crippen LogP contribution in [0.4, 0.5) is 13.2 Å². The molecular formula is C18H14F3N3OS. The van der Waals surface area contributed by atoms with Crippen molar-refractivity contribution in [3.8, 4) is 17.3 Å². The molecule has 0 atom stereocenters. The Morgan fingerprint density at radius 1 is 1.04 bits per heavy atom. The summed E-state index contributed by atoms with van der Waals surface area (Å²) < 4.78 is 44.9. The molecule has 0 saturated carbocycles. The van der Waals surface area contributed by atoms with E-state index in [0.717, 1.165) is 11.6 Å². The van der Waals surface area contributed by atoms with Gasteiger partial charge in [0.2, 0.25) is 0 Å². The van der Waals surface area contributed by atoms with Gasteiger partial charge in [0.05, 0.1) is 7.11 Å². The molecule has 0 aliphatic carbocycles. The van der Waals surface area contributed by atoms with Crippen LogP contribution in [0.1, 0.15) is 11.3 Å². The number of benzene rings is 1. The van der Waals surface area contributed by atoms with E-state index < -0.39 is 11.9 Å². The molecule has 0 N–H and O–H groups in total. The summed E-state index contributed by atoms with van der Waals surface area (Å²) in [6.07, 6.45) is -3.08. The molecule has 4 nitrogen and oxygen atoms in total. The van der Waals surface area contributed by atoms with Crippen molar-refractivity contribution >= 4 is 11.8 Å². The smallest absolute Gasteiger partial charge is 0.433 e. The molecule has 8 heteroatoms. The van der Waals surface area contributed by atoms with Crippen LogP contribution in [0.3, 0.4) is 0 Å². The van der Waals surface area contributed by atoms with Crippen LogP contribution in [0, 0.1) is 0 Å². The van der Waals surface area contributed by atoms with Crippen LogP contribution in [0.2, 0.25) is 0 Å². The van der Waals surface area contributed by atoms with Gasteiger partial charge >= 0.3 is 6.18 Å². The van der Waals surface area contributed by atoms with Crippen LogP contribution in [0.5, 0.6) is 5.75 Å². The number of aromatic nitrogens is 3. The number of rotatable bonds is 5. The third kappa shape index (κ3) is 4.32. The third-order valence-corrected chi connectivity index (χ3v) is 4.42. The maximum absolute atomic E-state index is 13.2. The summed E-state index contributed by atoms with van der Waals surface area (Å²) in [5, 5.41) is 0.221. The van der Waals surface area contributed by atoms with Gasteiger partial charge in [-0.05, 0) is 18.2 Å². The first-order valence-electron chi connectivity index (χ1n) is 7.60. The number of halogens is 3. The molecule has 3 aromatic rings. The lowest BCUT2D eigenvalue weighted by atomic mass is 10.2. The zero-order valence-corrected chi connectivity index (χ0v) is 14.5. The van der Waals surface area contributed by atoms with Gasteiger partial charge in [0.15, 0.2) is 5.82 Å². The Morgan fingerprint density at radius 2 is 1.81 bits per heavy atom. The first-order valence-corrected chi connectivity index (χ1v) is 8.58. The Labute approximate surface area is 152 Å². The van der Waals surface area contributed by atoms with Crippen molar-refractivity contribution in [1.29, 1.82) is 0 Å². The fourth-order valence-corrected chi connectivity index (χ4v) is 3.12. The van der Waals surface area contributed by atoms with E-state index in [1.165, 1.54) is 18.0 Å². The summed E-state index contributed by atoms with van der Waals surface area (Å²) in [7, 11) is 1.55. The van der Waals surface area contributed by atoms with E-state index in [0.29, 0.717) is 11.5 Å². The summed E-state index contributed by atoms with van der Waals surface area (Å²) in [6.45, 7) is 0. The SMILES string of the molecule is COc1ccccc1CSc1cc(C(F)(F)F)nc(-c2ccccn2)n1. The largest absolute Gasteiger partial charge is 0.496 e. The van der Waals surface area contributed by atoms with Gasteiger partial charge in [-0.1, -0.05) is 24.3 Å². The average Bonchev–Trinajstić information content (AvgIpc) is 2.66. The molecule has 0 spiro atoms. The second-order valence-electron chi connectivity index (χ2n) is 5.23. The predicted octanol–water partition coefficient (Wildman–Crippen LogP) is 4.86. The second kappa shape index (κ2) is 7.74. The van der Waals surface area contributed by atoms with Crippen molar-refractivity contribution in [2.45, 2.75) is 17.0 Å². The van der Waals surface area contributed by atoms with Gasteiger partial charge in [-0.15, -0.1) is 11.8 Å². The molecule has 26 heavy (non-hydrogen) atoms. The molecule has 0 radical (unpaired) electrons. The Bertz CT molecular complexity index is 888. The van der Waals surface area contributed by atoms with Gasteiger partial charge in [0.25, 0.3) is 0 Å². The lowest BCUT2D eigenvalue weighted by molar-refractivity contribution is -0.141. The number of pyridine rings is 1. The topological polar surface area (TPSA) is 47.9 Å². The lowest BCUT2D eigenvalue weighted by Gasteiger charge is -2.11. The van der Waals surface area contributed by atoms with E-state index in [2.05, 4.69) is 15.0 Å². The van der Waals surface area contributed by atoms with E-state index >= 15 is 0 Å². The highest BCUT2D eigenvalue weighted by Gasteiger charge is 2.34. The van der Waals surface area contributed by atoms with E-state index in [-0.39, 0.29) is 16.5 Å². The molecule has 2 aromatic heterocycles. The van der Waals surface area contributed by atoms with E-state index in [9.17, 15) is 13.2 Å². The summed E-state index contributed by atoms with van der Waals surface area (Å²) in [5.74, 6) is 1.04. The first kappa shape index (κ1) is 18.2. The predicted molar refractivity (Wildman–Crippen MR) is 92.8 cm³/mol. The van der Waals surface area contributed by atoms with Gasteiger partial charge in [-0.2, -0.15) is 13.2 Å². The zero-order chi connectivity index (χ0) is 18.6. The van der Waals surface area contributed by atoms with E-state index in [4.69, 9.17) is 4.74 Å². The maximum Gasteiger partial charge on any atom is 0.433 e. The Hall–Kier alpha value is -2.61. The number of methoxy groups -OCH3 is 1. The molecule has 0 unspecified atom stereocenters. The highest BCUT2D eigenvalue weighted by atomic mass is 32.2. The molecule has 0 fully saturated rings. The molecule has 0 aliphatic heterocycles. The number of alkyl halides is 3. The van der Waals surface area contributed by atoms with Crippen LogP contribution in [0.15, 0.2) is 59.8 Å². The molecule has 134 valence electrons. The van der Waals surface area contributed by atoms with Crippen molar-refractivity contribution in [3.63, 3.8) is 0 Å². The minimum atomic E-state index is -4.56. The van der Waals surface area contributed by atoms with Crippen molar-refractivity contribution in [2.75, 3.05) is 7.11 Å². The second-order valence-corrected chi connectivity index (χ2v) is 6.22. The number of hydrogen-bond donors (Lipinski definition) is 0. The van der Waals surface area contributed by atoms with Gasteiger partial charge in [-0.25, -0.2) is 9.97 Å². The summed E-state index contributed by atoms with van der Waals surface area (Å²) >= 11 is 1.18. The van der Waals surface area contributed by atoms with Crippen LogP contribution in [-0.4, -0.2) is 22.1 Å². The van der Waals surface area contributed by atoms with Crippen molar-refractivity contribution in [1.82, 2.24) is 15.0 Å². The quantitative estimate of drug-likeness (QED) is 0.469. The normalized spacial score (nSPS) is 11.4. The molecule has 0 amide bonds. The highest BCUT2D eigenvalue weighted by Crippen LogP contribution is 2.33. The van der Waals surface area contributed by atoms with Crippen LogP contribution < -0.4 is 4.74 Å². The summed E-state index contributed by atoms with van der Waals surface area (Å²) in [5.41, 5.74) is 0.167. The van der Waals surface area contributed by atoms with Gasteiger partial charge in [0.1, 0.15) is 22.2 Å². The third-order valence-electron chi connectivity index (χ3n) is 3.46. The minimum absolute atomic E-state index is 0.0528.